The van der Waals surface area contributed by atoms with E-state index in [1.165, 1.54) is 37.7 Å². The monoisotopic (exact) mass is 210 g/mol. The Kier molecular flexibility index (Phi) is 5.38. The van der Waals surface area contributed by atoms with E-state index >= 15 is 0 Å². The fraction of sp³-hybridized carbons (Fsp3) is 0.857. The van der Waals surface area contributed by atoms with Gasteiger partial charge in [0, 0.05) is 0 Å². The van der Waals surface area contributed by atoms with Crippen LogP contribution in [0.15, 0.2) is 11.6 Å². The molecule has 0 aromatic heterocycles. The molecule has 0 heterocycles. The Labute approximate surface area is 94.6 Å². The standard InChI is InChI=1S/C14H26O/c1-4-5-6-7-14(15)13-9-8-11(2)10-12(13)3/h10,12-15H,4-9H2,1-3H3. The lowest BCUT2D eigenvalue weighted by molar-refractivity contribution is 0.0694. The number of unbranched alkanes of at least 4 members (excludes halogenated alkanes) is 2. The first kappa shape index (κ1) is 12.8. The fourth-order valence-electron chi connectivity index (χ4n) is 2.67. The second kappa shape index (κ2) is 6.32. The van der Waals surface area contributed by atoms with Crippen molar-refractivity contribution in [2.75, 3.05) is 0 Å². The van der Waals surface area contributed by atoms with Crippen LogP contribution in [0.4, 0.5) is 0 Å². The average molecular weight is 210 g/mol. The Balaban J connectivity index is 2.36. The summed E-state index contributed by atoms with van der Waals surface area (Å²) < 4.78 is 0. The third kappa shape index (κ3) is 3.98. The lowest BCUT2D eigenvalue weighted by Gasteiger charge is -2.31. The fourth-order valence-corrected chi connectivity index (χ4v) is 2.67. The summed E-state index contributed by atoms with van der Waals surface area (Å²) in [5.41, 5.74) is 1.50. The minimum Gasteiger partial charge on any atom is -0.393 e. The molecule has 0 amide bonds. The van der Waals surface area contributed by atoms with Crippen LogP contribution in [-0.2, 0) is 0 Å². The van der Waals surface area contributed by atoms with E-state index < -0.39 is 0 Å². The molecule has 0 saturated carbocycles. The van der Waals surface area contributed by atoms with Crippen molar-refractivity contribution >= 4 is 0 Å². The van der Waals surface area contributed by atoms with Gasteiger partial charge in [-0.3, -0.25) is 0 Å². The van der Waals surface area contributed by atoms with E-state index in [0.717, 1.165) is 6.42 Å². The van der Waals surface area contributed by atoms with Crippen LogP contribution in [0.1, 0.15) is 59.3 Å². The van der Waals surface area contributed by atoms with E-state index in [1.807, 2.05) is 0 Å². The summed E-state index contributed by atoms with van der Waals surface area (Å²) in [7, 11) is 0. The second-order valence-electron chi connectivity index (χ2n) is 5.14. The van der Waals surface area contributed by atoms with Gasteiger partial charge in [-0.05, 0) is 38.0 Å². The second-order valence-corrected chi connectivity index (χ2v) is 5.14. The van der Waals surface area contributed by atoms with Gasteiger partial charge >= 0.3 is 0 Å². The van der Waals surface area contributed by atoms with Crippen LogP contribution in [-0.4, -0.2) is 11.2 Å². The zero-order valence-corrected chi connectivity index (χ0v) is 10.5. The normalized spacial score (nSPS) is 28.7. The molecule has 1 nitrogen and oxygen atoms in total. The van der Waals surface area contributed by atoms with E-state index in [9.17, 15) is 5.11 Å². The third-order valence-electron chi connectivity index (χ3n) is 3.69. The van der Waals surface area contributed by atoms with Crippen molar-refractivity contribution in [3.05, 3.63) is 11.6 Å². The van der Waals surface area contributed by atoms with Gasteiger partial charge in [-0.1, -0.05) is 44.8 Å². The summed E-state index contributed by atoms with van der Waals surface area (Å²) in [5.74, 6) is 1.07. The van der Waals surface area contributed by atoms with Gasteiger partial charge in [-0.25, -0.2) is 0 Å². The van der Waals surface area contributed by atoms with E-state index in [2.05, 4.69) is 26.8 Å². The molecule has 3 atom stereocenters. The predicted octanol–water partition coefficient (Wildman–Crippen LogP) is 3.92. The van der Waals surface area contributed by atoms with Crippen molar-refractivity contribution in [3.8, 4) is 0 Å². The molecule has 1 aliphatic rings. The van der Waals surface area contributed by atoms with Gasteiger partial charge in [0.05, 0.1) is 6.10 Å². The molecule has 0 aliphatic heterocycles. The Morgan fingerprint density at radius 1 is 1.47 bits per heavy atom. The van der Waals surface area contributed by atoms with Crippen molar-refractivity contribution in [1.82, 2.24) is 0 Å². The summed E-state index contributed by atoms with van der Waals surface area (Å²) in [6.07, 6.45) is 9.31. The number of hydrogen-bond donors (Lipinski definition) is 1. The van der Waals surface area contributed by atoms with Gasteiger partial charge < -0.3 is 5.11 Å². The molecular weight excluding hydrogens is 184 g/mol. The highest BCUT2D eigenvalue weighted by molar-refractivity contribution is 5.07. The topological polar surface area (TPSA) is 20.2 Å². The molecule has 3 unspecified atom stereocenters. The number of allylic oxidation sites excluding steroid dienone is 2. The van der Waals surface area contributed by atoms with Crippen molar-refractivity contribution < 1.29 is 5.11 Å². The molecule has 0 fully saturated rings. The highest BCUT2D eigenvalue weighted by Crippen LogP contribution is 2.32. The van der Waals surface area contributed by atoms with Gasteiger partial charge in [0.2, 0.25) is 0 Å². The molecule has 1 N–H and O–H groups in total. The van der Waals surface area contributed by atoms with Gasteiger partial charge in [0.1, 0.15) is 0 Å². The van der Waals surface area contributed by atoms with E-state index in [4.69, 9.17) is 0 Å². The molecule has 0 aromatic carbocycles. The van der Waals surface area contributed by atoms with Gasteiger partial charge in [0.15, 0.2) is 0 Å². The van der Waals surface area contributed by atoms with Gasteiger partial charge in [-0.2, -0.15) is 0 Å². The first-order chi connectivity index (χ1) is 7.15. The van der Waals surface area contributed by atoms with Crippen molar-refractivity contribution in [2.45, 2.75) is 65.4 Å². The van der Waals surface area contributed by atoms with Gasteiger partial charge in [0.25, 0.3) is 0 Å². The third-order valence-corrected chi connectivity index (χ3v) is 3.69. The van der Waals surface area contributed by atoms with Crippen LogP contribution in [0.3, 0.4) is 0 Å². The van der Waals surface area contributed by atoms with Crippen LogP contribution in [0.25, 0.3) is 0 Å². The molecule has 1 rings (SSSR count). The molecule has 1 heteroatoms. The number of rotatable bonds is 5. The summed E-state index contributed by atoms with van der Waals surface area (Å²) in [5, 5.41) is 10.1. The highest BCUT2D eigenvalue weighted by Gasteiger charge is 2.26. The number of hydrogen-bond acceptors (Lipinski definition) is 1. The van der Waals surface area contributed by atoms with Crippen molar-refractivity contribution in [1.29, 1.82) is 0 Å². The summed E-state index contributed by atoms with van der Waals surface area (Å²) in [4.78, 5) is 0. The quantitative estimate of drug-likeness (QED) is 0.538. The molecule has 15 heavy (non-hydrogen) atoms. The minimum atomic E-state index is -0.0732. The van der Waals surface area contributed by atoms with E-state index in [1.54, 1.807) is 0 Å². The zero-order chi connectivity index (χ0) is 11.3. The van der Waals surface area contributed by atoms with Gasteiger partial charge in [-0.15, -0.1) is 0 Å². The smallest absolute Gasteiger partial charge is 0.0574 e. The molecule has 0 saturated heterocycles. The molecule has 0 radical (unpaired) electrons. The van der Waals surface area contributed by atoms with Crippen molar-refractivity contribution in [3.63, 3.8) is 0 Å². The lowest BCUT2D eigenvalue weighted by Crippen LogP contribution is -2.28. The largest absolute Gasteiger partial charge is 0.393 e. The number of aliphatic hydroxyl groups is 1. The molecular formula is C14H26O. The summed E-state index contributed by atoms with van der Waals surface area (Å²) >= 11 is 0. The minimum absolute atomic E-state index is 0.0732. The van der Waals surface area contributed by atoms with Crippen molar-refractivity contribution in [2.24, 2.45) is 11.8 Å². The van der Waals surface area contributed by atoms with Crippen LogP contribution in [0, 0.1) is 11.8 Å². The average Bonchev–Trinajstić information content (AvgIpc) is 2.17. The Bertz CT molecular complexity index is 207. The van der Waals surface area contributed by atoms with Crippen LogP contribution in [0.2, 0.25) is 0 Å². The van der Waals surface area contributed by atoms with E-state index in [-0.39, 0.29) is 6.10 Å². The maximum absolute atomic E-state index is 10.1. The lowest BCUT2D eigenvalue weighted by atomic mass is 9.77. The molecule has 88 valence electrons. The Morgan fingerprint density at radius 3 is 2.80 bits per heavy atom. The Hall–Kier alpha value is -0.300. The first-order valence-corrected chi connectivity index (χ1v) is 6.50. The molecule has 0 spiro atoms. The predicted molar refractivity (Wildman–Crippen MR) is 65.8 cm³/mol. The van der Waals surface area contributed by atoms with Crippen LogP contribution >= 0.6 is 0 Å². The molecule has 0 aromatic rings. The van der Waals surface area contributed by atoms with Crippen LogP contribution < -0.4 is 0 Å². The molecule has 0 bridgehead atoms. The highest BCUT2D eigenvalue weighted by atomic mass is 16.3. The zero-order valence-electron chi connectivity index (χ0n) is 10.5. The first-order valence-electron chi connectivity index (χ1n) is 6.50. The Morgan fingerprint density at radius 2 is 2.20 bits per heavy atom. The maximum atomic E-state index is 10.1. The maximum Gasteiger partial charge on any atom is 0.0574 e. The summed E-state index contributed by atoms with van der Waals surface area (Å²) in [6, 6.07) is 0. The summed E-state index contributed by atoms with van der Waals surface area (Å²) in [6.45, 7) is 6.66. The SMILES string of the molecule is CCCCCC(O)C1CCC(C)=CC1C. The van der Waals surface area contributed by atoms with E-state index in [0.29, 0.717) is 11.8 Å². The molecule has 1 aliphatic carbocycles. The number of aliphatic hydroxyl groups excluding tert-OH is 1. The van der Waals surface area contributed by atoms with Crippen LogP contribution in [0.5, 0.6) is 0 Å².